The van der Waals surface area contributed by atoms with E-state index in [0.717, 1.165) is 37.3 Å². The molecular formula is C21H35N5O3. The highest BCUT2D eigenvalue weighted by Gasteiger charge is 2.41. The molecule has 29 heavy (non-hydrogen) atoms. The summed E-state index contributed by atoms with van der Waals surface area (Å²) in [5, 5.41) is 1.46. The van der Waals surface area contributed by atoms with Gasteiger partial charge in [-0.25, -0.2) is 10.8 Å². The number of rotatable bonds is 8. The second-order valence-corrected chi connectivity index (χ2v) is 8.07. The molecule has 1 unspecified atom stereocenters. The van der Waals surface area contributed by atoms with Crippen molar-refractivity contribution >= 4 is 17.4 Å². The number of likely N-dealkylation sites (N-methyl/N-ethyl adjacent to an activating group) is 1. The Hall–Kier alpha value is -2.32. The van der Waals surface area contributed by atoms with Crippen LogP contribution in [0.2, 0.25) is 0 Å². The third kappa shape index (κ3) is 4.82. The molecule has 1 aromatic heterocycles. The summed E-state index contributed by atoms with van der Waals surface area (Å²) >= 11 is 0. The maximum Gasteiger partial charge on any atom is 0.311 e. The number of methoxy groups -OCH3 is 2. The van der Waals surface area contributed by atoms with Crippen LogP contribution in [0.4, 0.5) is 5.69 Å². The van der Waals surface area contributed by atoms with Gasteiger partial charge in [-0.1, -0.05) is 6.92 Å². The van der Waals surface area contributed by atoms with Crippen molar-refractivity contribution in [3.05, 3.63) is 29.2 Å². The largest absolute Gasteiger partial charge is 0.469 e. The maximum atomic E-state index is 12.2. The number of pyridine rings is 1. The van der Waals surface area contributed by atoms with Crippen LogP contribution in [-0.2, 0) is 20.7 Å². The second kappa shape index (κ2) is 9.45. The Morgan fingerprint density at radius 1 is 1.38 bits per heavy atom. The summed E-state index contributed by atoms with van der Waals surface area (Å²) in [6.07, 6.45) is 1.71. The lowest BCUT2D eigenvalue weighted by molar-refractivity contribution is -0.153. The van der Waals surface area contributed by atoms with E-state index in [1.807, 2.05) is 19.9 Å². The number of hydrazine groups is 1. The normalized spacial score (nSPS) is 17.9. The first-order valence-corrected chi connectivity index (χ1v) is 9.96. The van der Waals surface area contributed by atoms with Gasteiger partial charge in [0.1, 0.15) is 0 Å². The summed E-state index contributed by atoms with van der Waals surface area (Å²) < 4.78 is 10.2. The van der Waals surface area contributed by atoms with Gasteiger partial charge in [0, 0.05) is 27.2 Å². The molecule has 0 spiro atoms. The lowest BCUT2D eigenvalue weighted by atomic mass is 9.78. The molecule has 1 atom stereocenters. The molecule has 0 aromatic carbocycles. The van der Waals surface area contributed by atoms with E-state index in [2.05, 4.69) is 17.9 Å². The number of hydrogen-bond acceptors (Lipinski definition) is 8. The Labute approximate surface area is 173 Å². The summed E-state index contributed by atoms with van der Waals surface area (Å²) in [5.74, 6) is 5.96. The first-order chi connectivity index (χ1) is 13.7. The third-order valence-electron chi connectivity index (χ3n) is 5.84. The van der Waals surface area contributed by atoms with Crippen molar-refractivity contribution in [2.24, 2.45) is 22.9 Å². The molecule has 0 saturated carbocycles. The average Bonchev–Trinajstić information content (AvgIpc) is 3.20. The minimum absolute atomic E-state index is 0.164. The highest BCUT2D eigenvalue weighted by Crippen LogP contribution is 2.38. The van der Waals surface area contributed by atoms with Crippen molar-refractivity contribution in [3.63, 3.8) is 0 Å². The highest BCUT2D eigenvalue weighted by atomic mass is 16.5. The predicted molar refractivity (Wildman–Crippen MR) is 115 cm³/mol. The smallest absolute Gasteiger partial charge is 0.311 e. The van der Waals surface area contributed by atoms with Gasteiger partial charge in [-0.2, -0.15) is 0 Å². The van der Waals surface area contributed by atoms with Crippen LogP contribution in [0.5, 0.6) is 0 Å². The van der Waals surface area contributed by atoms with Crippen molar-refractivity contribution in [1.29, 1.82) is 0 Å². The molecule has 0 aliphatic carbocycles. The Bertz CT molecular complexity index is 761. The number of hydrogen-bond donors (Lipinski definition) is 2. The van der Waals surface area contributed by atoms with E-state index in [1.165, 1.54) is 12.1 Å². The number of esters is 1. The van der Waals surface area contributed by atoms with E-state index in [4.69, 9.17) is 26.0 Å². The van der Waals surface area contributed by atoms with Gasteiger partial charge in [0.05, 0.1) is 47.6 Å². The van der Waals surface area contributed by atoms with Gasteiger partial charge in [-0.05, 0) is 44.7 Å². The highest BCUT2D eigenvalue weighted by molar-refractivity contribution is 5.76. The zero-order chi connectivity index (χ0) is 21.8. The van der Waals surface area contributed by atoms with Gasteiger partial charge >= 0.3 is 5.97 Å². The van der Waals surface area contributed by atoms with E-state index in [0.29, 0.717) is 23.7 Å². The first kappa shape index (κ1) is 23.0. The van der Waals surface area contributed by atoms with Crippen LogP contribution < -0.4 is 16.5 Å². The van der Waals surface area contributed by atoms with Crippen LogP contribution in [0.25, 0.3) is 5.70 Å². The first-order valence-electron chi connectivity index (χ1n) is 9.96. The molecule has 1 fully saturated rings. The van der Waals surface area contributed by atoms with Gasteiger partial charge in [0.25, 0.3) is 0 Å². The molecule has 1 aliphatic rings. The lowest BCUT2D eigenvalue weighted by Crippen LogP contribution is -2.36. The van der Waals surface area contributed by atoms with Gasteiger partial charge in [0.15, 0.2) is 0 Å². The van der Waals surface area contributed by atoms with Crippen molar-refractivity contribution in [3.8, 4) is 0 Å². The summed E-state index contributed by atoms with van der Waals surface area (Å²) in [7, 11) is 4.78. The number of carbonyl (C=O) groups is 1. The second-order valence-electron chi connectivity index (χ2n) is 8.07. The van der Waals surface area contributed by atoms with Crippen LogP contribution in [-0.4, -0.2) is 56.9 Å². The molecule has 162 valence electrons. The number of carbonyl (C=O) groups excluding carboxylic acids is 1. The topological polar surface area (TPSA) is 107 Å². The fourth-order valence-electron chi connectivity index (χ4n) is 3.84. The monoisotopic (exact) mass is 405 g/mol. The molecule has 2 rings (SSSR count). The molecule has 1 saturated heterocycles. The van der Waals surface area contributed by atoms with Crippen LogP contribution in [0.3, 0.4) is 0 Å². The van der Waals surface area contributed by atoms with Gasteiger partial charge in [-0.3, -0.25) is 4.79 Å². The Kier molecular flexibility index (Phi) is 7.48. The molecule has 1 aliphatic heterocycles. The number of anilines is 1. The zero-order valence-corrected chi connectivity index (χ0v) is 18.5. The molecule has 8 nitrogen and oxygen atoms in total. The average molecular weight is 406 g/mol. The molecule has 1 aromatic rings. The minimum atomic E-state index is -0.517. The molecule has 0 amide bonds. The summed E-state index contributed by atoms with van der Waals surface area (Å²) in [6.45, 7) is 7.97. The molecular weight excluding hydrogens is 370 g/mol. The number of aromatic nitrogens is 1. The lowest BCUT2D eigenvalue weighted by Gasteiger charge is -2.29. The molecule has 2 heterocycles. The molecule has 0 radical (unpaired) electrons. The van der Waals surface area contributed by atoms with Gasteiger partial charge in [0.2, 0.25) is 0 Å². The standard InChI is InChI=1S/C21H35N5O3/c1-7-15-17(26-11-10-14(12-26)21(2,3)20(27)29-6)9-8-16(24-15)19(22)18(13-28-5)25(4)23/h8-9,14H,7,10-13,22-23H2,1-6H3/b19-18-. The van der Waals surface area contributed by atoms with E-state index in [9.17, 15) is 4.79 Å². The summed E-state index contributed by atoms with van der Waals surface area (Å²) in [4.78, 5) is 19.3. The van der Waals surface area contributed by atoms with Crippen LogP contribution in [0.1, 0.15) is 38.6 Å². The van der Waals surface area contributed by atoms with Crippen molar-refractivity contribution in [2.45, 2.75) is 33.6 Å². The quantitative estimate of drug-likeness (QED) is 0.383. The van der Waals surface area contributed by atoms with E-state index < -0.39 is 5.41 Å². The van der Waals surface area contributed by atoms with Crippen molar-refractivity contribution in [2.75, 3.05) is 45.9 Å². The number of nitrogens with zero attached hydrogens (tertiary/aromatic N) is 3. The maximum absolute atomic E-state index is 12.2. The minimum Gasteiger partial charge on any atom is -0.469 e. The summed E-state index contributed by atoms with van der Waals surface area (Å²) in [6, 6.07) is 3.98. The fraction of sp³-hybridized carbons (Fsp3) is 0.619. The fourth-order valence-corrected chi connectivity index (χ4v) is 3.84. The summed E-state index contributed by atoms with van der Waals surface area (Å²) in [5.41, 5.74) is 9.73. The Balaban J connectivity index is 2.31. The molecule has 4 N–H and O–H groups in total. The van der Waals surface area contributed by atoms with E-state index in [1.54, 1.807) is 14.2 Å². The van der Waals surface area contributed by atoms with Gasteiger partial charge in [-0.15, -0.1) is 0 Å². The number of aryl methyl sites for hydroxylation is 1. The van der Waals surface area contributed by atoms with E-state index >= 15 is 0 Å². The van der Waals surface area contributed by atoms with Crippen LogP contribution >= 0.6 is 0 Å². The van der Waals surface area contributed by atoms with Crippen molar-refractivity contribution in [1.82, 2.24) is 9.99 Å². The Morgan fingerprint density at radius 2 is 2.07 bits per heavy atom. The van der Waals surface area contributed by atoms with Crippen LogP contribution in [0, 0.1) is 11.3 Å². The van der Waals surface area contributed by atoms with E-state index in [-0.39, 0.29) is 11.9 Å². The number of ether oxygens (including phenoxy) is 2. The molecule has 0 bridgehead atoms. The predicted octanol–water partition coefficient (Wildman–Crippen LogP) is 1.75. The van der Waals surface area contributed by atoms with Gasteiger partial charge < -0.3 is 25.1 Å². The number of nitrogens with two attached hydrogens (primary N) is 2. The SMILES string of the molecule is CCc1nc(/C(N)=C(\COC)N(C)N)ccc1N1CCC(C(C)(C)C(=O)OC)C1. The molecule has 8 heteroatoms. The Morgan fingerprint density at radius 3 is 2.62 bits per heavy atom. The van der Waals surface area contributed by atoms with Crippen LogP contribution in [0.15, 0.2) is 17.8 Å². The zero-order valence-electron chi connectivity index (χ0n) is 18.5. The third-order valence-corrected chi connectivity index (χ3v) is 5.84. The van der Waals surface area contributed by atoms with Crippen molar-refractivity contribution < 1.29 is 14.3 Å².